The van der Waals surface area contributed by atoms with Crippen LogP contribution in [0.25, 0.3) is 0 Å². The molecule has 2 rings (SSSR count). The third-order valence-corrected chi connectivity index (χ3v) is 2.01. The van der Waals surface area contributed by atoms with Gasteiger partial charge in [-0.2, -0.15) is 0 Å². The number of hydrogen-bond acceptors (Lipinski definition) is 3. The third-order valence-electron chi connectivity index (χ3n) is 2.01. The number of aromatic nitrogens is 1. The second kappa shape index (κ2) is 4.04. The lowest BCUT2D eigenvalue weighted by atomic mass is 10.1. The van der Waals surface area contributed by atoms with E-state index in [1.54, 1.807) is 0 Å². The molecule has 0 N–H and O–H groups in total. The molecule has 0 atom stereocenters. The SMILES string of the molecule is O=C(Cc1cnoc1)c1ccc(F)cc1. The highest BCUT2D eigenvalue weighted by atomic mass is 19.1. The van der Waals surface area contributed by atoms with Gasteiger partial charge >= 0.3 is 0 Å². The van der Waals surface area contributed by atoms with Crippen LogP contribution in [-0.2, 0) is 6.42 Å². The molecule has 0 fully saturated rings. The van der Waals surface area contributed by atoms with E-state index in [-0.39, 0.29) is 18.0 Å². The van der Waals surface area contributed by atoms with Crippen molar-refractivity contribution in [3.63, 3.8) is 0 Å². The molecular formula is C11H8FNO2. The van der Waals surface area contributed by atoms with Gasteiger partial charge in [-0.3, -0.25) is 4.79 Å². The summed E-state index contributed by atoms with van der Waals surface area (Å²) in [5.41, 5.74) is 1.20. The number of Topliss-reactive ketones (excluding diaryl/α,β-unsaturated/α-hetero) is 1. The first-order chi connectivity index (χ1) is 7.25. The van der Waals surface area contributed by atoms with Crippen molar-refractivity contribution >= 4 is 5.78 Å². The summed E-state index contributed by atoms with van der Waals surface area (Å²) in [6, 6.07) is 5.46. The Hall–Kier alpha value is -1.97. The van der Waals surface area contributed by atoms with Crippen molar-refractivity contribution in [2.24, 2.45) is 0 Å². The molecule has 0 aliphatic carbocycles. The normalized spacial score (nSPS) is 10.2. The molecule has 15 heavy (non-hydrogen) atoms. The molecule has 0 saturated heterocycles. The molecule has 0 unspecified atom stereocenters. The number of carbonyl (C=O) groups is 1. The van der Waals surface area contributed by atoms with Gasteiger partial charge in [-0.05, 0) is 24.3 Å². The van der Waals surface area contributed by atoms with Gasteiger partial charge in [0, 0.05) is 17.5 Å². The molecule has 3 nitrogen and oxygen atoms in total. The Morgan fingerprint density at radius 2 is 2.07 bits per heavy atom. The van der Waals surface area contributed by atoms with Gasteiger partial charge in [0.2, 0.25) is 0 Å². The van der Waals surface area contributed by atoms with Crippen molar-refractivity contribution in [2.75, 3.05) is 0 Å². The summed E-state index contributed by atoms with van der Waals surface area (Å²) in [4.78, 5) is 11.6. The predicted octanol–water partition coefficient (Wildman–Crippen LogP) is 2.24. The van der Waals surface area contributed by atoms with E-state index >= 15 is 0 Å². The average Bonchev–Trinajstić information content (AvgIpc) is 2.71. The summed E-state index contributed by atoms with van der Waals surface area (Å²) in [5, 5.41) is 3.50. The van der Waals surface area contributed by atoms with E-state index in [1.165, 1.54) is 36.7 Å². The fourth-order valence-electron chi connectivity index (χ4n) is 1.24. The first kappa shape index (κ1) is 9.58. The van der Waals surface area contributed by atoms with Crippen LogP contribution in [0.5, 0.6) is 0 Å². The average molecular weight is 205 g/mol. The lowest BCUT2D eigenvalue weighted by molar-refractivity contribution is 0.0992. The Morgan fingerprint density at radius 1 is 1.33 bits per heavy atom. The smallest absolute Gasteiger partial charge is 0.167 e. The zero-order valence-electron chi connectivity index (χ0n) is 7.81. The van der Waals surface area contributed by atoms with Crippen LogP contribution >= 0.6 is 0 Å². The van der Waals surface area contributed by atoms with E-state index in [9.17, 15) is 9.18 Å². The number of ketones is 1. The molecule has 0 amide bonds. The minimum Gasteiger partial charge on any atom is -0.364 e. The van der Waals surface area contributed by atoms with Crippen LogP contribution in [0.3, 0.4) is 0 Å². The standard InChI is InChI=1S/C11H8FNO2/c12-10-3-1-9(2-4-10)11(14)5-8-6-13-15-7-8/h1-4,6-7H,5H2. The number of hydrogen-bond donors (Lipinski definition) is 0. The second-order valence-electron chi connectivity index (χ2n) is 3.14. The van der Waals surface area contributed by atoms with Crippen molar-refractivity contribution in [2.45, 2.75) is 6.42 Å². The summed E-state index contributed by atoms with van der Waals surface area (Å²) < 4.78 is 17.2. The zero-order chi connectivity index (χ0) is 10.7. The number of nitrogens with zero attached hydrogens (tertiary/aromatic N) is 1. The van der Waals surface area contributed by atoms with Crippen molar-refractivity contribution in [1.82, 2.24) is 5.16 Å². The van der Waals surface area contributed by atoms with Crippen LogP contribution in [0.2, 0.25) is 0 Å². The molecule has 1 heterocycles. The van der Waals surface area contributed by atoms with Gasteiger partial charge in [0.1, 0.15) is 12.1 Å². The Balaban J connectivity index is 2.11. The maximum Gasteiger partial charge on any atom is 0.167 e. The van der Waals surface area contributed by atoms with Crippen LogP contribution in [0.4, 0.5) is 4.39 Å². The van der Waals surface area contributed by atoms with Crippen molar-refractivity contribution < 1.29 is 13.7 Å². The van der Waals surface area contributed by atoms with Crippen LogP contribution in [0, 0.1) is 5.82 Å². The summed E-state index contributed by atoms with van der Waals surface area (Å²) in [6.07, 6.45) is 3.12. The van der Waals surface area contributed by atoms with Crippen molar-refractivity contribution in [3.05, 3.63) is 53.7 Å². The van der Waals surface area contributed by atoms with Crippen LogP contribution in [0.1, 0.15) is 15.9 Å². The molecule has 2 aromatic rings. The monoisotopic (exact) mass is 205 g/mol. The molecule has 1 aromatic heterocycles. The molecule has 0 bridgehead atoms. The minimum absolute atomic E-state index is 0.0850. The molecule has 0 radical (unpaired) electrons. The Morgan fingerprint density at radius 3 is 2.67 bits per heavy atom. The maximum absolute atomic E-state index is 12.6. The van der Waals surface area contributed by atoms with E-state index < -0.39 is 0 Å². The van der Waals surface area contributed by atoms with Gasteiger partial charge in [0.05, 0.1) is 6.20 Å². The Bertz CT molecular complexity index is 448. The highest BCUT2D eigenvalue weighted by Crippen LogP contribution is 2.08. The van der Waals surface area contributed by atoms with Crippen molar-refractivity contribution in [1.29, 1.82) is 0 Å². The van der Waals surface area contributed by atoms with E-state index in [0.717, 1.165) is 0 Å². The van der Waals surface area contributed by atoms with Crippen LogP contribution in [0.15, 0.2) is 41.2 Å². The number of halogens is 1. The van der Waals surface area contributed by atoms with E-state index in [4.69, 9.17) is 0 Å². The minimum atomic E-state index is -0.350. The molecule has 1 aromatic carbocycles. The number of benzene rings is 1. The lowest BCUT2D eigenvalue weighted by Gasteiger charge is -1.97. The highest BCUT2D eigenvalue weighted by molar-refractivity contribution is 5.97. The molecular weight excluding hydrogens is 197 g/mol. The van der Waals surface area contributed by atoms with Gasteiger partial charge in [-0.1, -0.05) is 5.16 Å². The molecule has 0 spiro atoms. The molecule has 0 aliphatic rings. The molecule has 76 valence electrons. The first-order valence-corrected chi connectivity index (χ1v) is 4.43. The summed E-state index contributed by atoms with van der Waals surface area (Å²) in [6.45, 7) is 0. The van der Waals surface area contributed by atoms with Crippen molar-refractivity contribution in [3.8, 4) is 0 Å². The fraction of sp³-hybridized carbons (Fsp3) is 0.0909. The van der Waals surface area contributed by atoms with Crippen LogP contribution in [-0.4, -0.2) is 10.9 Å². The van der Waals surface area contributed by atoms with E-state index in [1.807, 2.05) is 0 Å². The quantitative estimate of drug-likeness (QED) is 0.721. The Kier molecular flexibility index (Phi) is 2.58. The topological polar surface area (TPSA) is 43.1 Å². The molecule has 0 saturated carbocycles. The van der Waals surface area contributed by atoms with E-state index in [0.29, 0.717) is 11.1 Å². The summed E-state index contributed by atoms with van der Waals surface area (Å²) in [5.74, 6) is -0.435. The van der Waals surface area contributed by atoms with Gasteiger partial charge in [-0.15, -0.1) is 0 Å². The summed E-state index contributed by atoms with van der Waals surface area (Å²) >= 11 is 0. The molecule has 0 aliphatic heterocycles. The van der Waals surface area contributed by atoms with Gasteiger partial charge in [-0.25, -0.2) is 4.39 Å². The number of rotatable bonds is 3. The maximum atomic E-state index is 12.6. The number of carbonyl (C=O) groups excluding carboxylic acids is 1. The third kappa shape index (κ3) is 2.28. The summed E-state index contributed by atoms with van der Waals surface area (Å²) in [7, 11) is 0. The van der Waals surface area contributed by atoms with Gasteiger partial charge in [0.25, 0.3) is 0 Å². The van der Waals surface area contributed by atoms with Gasteiger partial charge in [0.15, 0.2) is 5.78 Å². The first-order valence-electron chi connectivity index (χ1n) is 4.43. The largest absolute Gasteiger partial charge is 0.364 e. The zero-order valence-corrected chi connectivity index (χ0v) is 7.81. The second-order valence-corrected chi connectivity index (χ2v) is 3.14. The van der Waals surface area contributed by atoms with Gasteiger partial charge < -0.3 is 4.52 Å². The predicted molar refractivity (Wildman–Crippen MR) is 50.9 cm³/mol. The van der Waals surface area contributed by atoms with Crippen LogP contribution < -0.4 is 0 Å². The van der Waals surface area contributed by atoms with E-state index in [2.05, 4.69) is 9.68 Å². The Labute approximate surface area is 85.5 Å². The fourth-order valence-corrected chi connectivity index (χ4v) is 1.24. The highest BCUT2D eigenvalue weighted by Gasteiger charge is 2.08. The molecule has 4 heteroatoms. The lowest BCUT2D eigenvalue weighted by Crippen LogP contribution is -2.02.